The van der Waals surface area contributed by atoms with Gasteiger partial charge in [-0.15, -0.1) is 11.6 Å². The molecule has 0 radical (unpaired) electrons. The standard InChI is InChI=1S/C16H13ClF2N2/c1-10(17)16-20-14-4-2-3-5-15(14)21(16)9-11-8-12(18)6-7-13(11)19/h2-8,10H,9H2,1H3. The Hall–Kier alpha value is -1.94. The second-order valence-corrected chi connectivity index (χ2v) is 5.55. The molecule has 1 aromatic heterocycles. The highest BCUT2D eigenvalue weighted by Crippen LogP contribution is 2.26. The van der Waals surface area contributed by atoms with Gasteiger partial charge in [0.25, 0.3) is 0 Å². The van der Waals surface area contributed by atoms with Crippen molar-refractivity contribution in [3.8, 4) is 0 Å². The lowest BCUT2D eigenvalue weighted by atomic mass is 10.2. The van der Waals surface area contributed by atoms with E-state index in [4.69, 9.17) is 11.6 Å². The molecule has 21 heavy (non-hydrogen) atoms. The van der Waals surface area contributed by atoms with Gasteiger partial charge in [0.2, 0.25) is 0 Å². The molecule has 2 nitrogen and oxygen atoms in total. The fraction of sp³-hybridized carbons (Fsp3) is 0.188. The van der Waals surface area contributed by atoms with Gasteiger partial charge in [0, 0.05) is 5.56 Å². The average Bonchev–Trinajstić information content (AvgIpc) is 2.82. The summed E-state index contributed by atoms with van der Waals surface area (Å²) in [5.74, 6) is -0.264. The molecule has 1 heterocycles. The fourth-order valence-corrected chi connectivity index (χ4v) is 2.57. The Labute approximate surface area is 126 Å². The molecular formula is C16H13ClF2N2. The maximum Gasteiger partial charge on any atom is 0.128 e. The van der Waals surface area contributed by atoms with Crippen LogP contribution in [0.4, 0.5) is 8.78 Å². The number of imidazole rings is 1. The van der Waals surface area contributed by atoms with E-state index in [0.717, 1.165) is 23.2 Å². The van der Waals surface area contributed by atoms with Gasteiger partial charge in [0.05, 0.1) is 23.0 Å². The van der Waals surface area contributed by atoms with Crippen molar-refractivity contribution in [1.29, 1.82) is 0 Å². The first kappa shape index (κ1) is 14.0. The minimum absolute atomic E-state index is 0.191. The number of fused-ring (bicyclic) bond motifs is 1. The van der Waals surface area contributed by atoms with Crippen molar-refractivity contribution in [2.75, 3.05) is 0 Å². The molecule has 0 bridgehead atoms. The lowest BCUT2D eigenvalue weighted by Crippen LogP contribution is -2.07. The molecule has 2 aromatic carbocycles. The second-order valence-electron chi connectivity index (χ2n) is 4.90. The number of benzene rings is 2. The molecule has 0 fully saturated rings. The highest BCUT2D eigenvalue weighted by molar-refractivity contribution is 6.20. The molecule has 0 aliphatic carbocycles. The quantitative estimate of drug-likeness (QED) is 0.643. The molecule has 0 spiro atoms. The van der Waals surface area contributed by atoms with E-state index in [0.29, 0.717) is 5.82 Å². The van der Waals surface area contributed by atoms with Crippen molar-refractivity contribution >= 4 is 22.6 Å². The third kappa shape index (κ3) is 2.63. The summed E-state index contributed by atoms with van der Waals surface area (Å²) in [6.07, 6.45) is 0. The van der Waals surface area contributed by atoms with Gasteiger partial charge in [-0.2, -0.15) is 0 Å². The summed E-state index contributed by atoms with van der Waals surface area (Å²) in [6.45, 7) is 2.00. The molecule has 0 saturated carbocycles. The first-order valence-electron chi connectivity index (χ1n) is 6.59. The maximum absolute atomic E-state index is 13.9. The fourth-order valence-electron chi connectivity index (χ4n) is 2.40. The van der Waals surface area contributed by atoms with Gasteiger partial charge < -0.3 is 4.57 Å². The van der Waals surface area contributed by atoms with Crippen LogP contribution in [0.1, 0.15) is 23.7 Å². The third-order valence-corrected chi connectivity index (χ3v) is 3.57. The summed E-state index contributed by atoms with van der Waals surface area (Å²) in [7, 11) is 0. The van der Waals surface area contributed by atoms with E-state index in [2.05, 4.69) is 4.98 Å². The normalized spacial score (nSPS) is 12.8. The topological polar surface area (TPSA) is 17.8 Å². The molecule has 0 N–H and O–H groups in total. The molecule has 0 aliphatic rings. The zero-order valence-electron chi connectivity index (χ0n) is 11.4. The summed E-state index contributed by atoms with van der Waals surface area (Å²) in [4.78, 5) is 4.48. The molecule has 108 valence electrons. The molecule has 1 unspecified atom stereocenters. The molecule has 0 amide bonds. The Morgan fingerprint density at radius 2 is 1.95 bits per heavy atom. The van der Waals surface area contributed by atoms with E-state index in [-0.39, 0.29) is 17.5 Å². The van der Waals surface area contributed by atoms with Crippen molar-refractivity contribution in [2.24, 2.45) is 0 Å². The van der Waals surface area contributed by atoms with Crippen molar-refractivity contribution < 1.29 is 8.78 Å². The summed E-state index contributed by atoms with van der Waals surface area (Å²) >= 11 is 6.17. The van der Waals surface area contributed by atoms with Gasteiger partial charge in [-0.3, -0.25) is 0 Å². The van der Waals surface area contributed by atoms with E-state index in [1.54, 1.807) is 6.92 Å². The van der Waals surface area contributed by atoms with Crippen LogP contribution in [0.15, 0.2) is 42.5 Å². The van der Waals surface area contributed by atoms with E-state index in [9.17, 15) is 8.78 Å². The Morgan fingerprint density at radius 1 is 1.19 bits per heavy atom. The van der Waals surface area contributed by atoms with Crippen LogP contribution >= 0.6 is 11.6 Å². The maximum atomic E-state index is 13.9. The van der Waals surface area contributed by atoms with Gasteiger partial charge in [0.15, 0.2) is 0 Å². The predicted molar refractivity (Wildman–Crippen MR) is 79.5 cm³/mol. The zero-order chi connectivity index (χ0) is 15.0. The Bertz CT molecular complexity index is 796. The molecule has 3 rings (SSSR count). The van der Waals surface area contributed by atoms with Crippen LogP contribution in [-0.4, -0.2) is 9.55 Å². The molecule has 5 heteroatoms. The zero-order valence-corrected chi connectivity index (χ0v) is 12.1. The molecule has 0 aliphatic heterocycles. The minimum Gasteiger partial charge on any atom is -0.322 e. The average molecular weight is 307 g/mol. The summed E-state index contributed by atoms with van der Waals surface area (Å²) in [5, 5.41) is -0.325. The van der Waals surface area contributed by atoms with Crippen molar-refractivity contribution in [2.45, 2.75) is 18.8 Å². The van der Waals surface area contributed by atoms with Crippen LogP contribution in [0.25, 0.3) is 11.0 Å². The lowest BCUT2D eigenvalue weighted by Gasteiger charge is -2.11. The van der Waals surface area contributed by atoms with Gasteiger partial charge in [-0.05, 0) is 37.3 Å². The van der Waals surface area contributed by atoms with Gasteiger partial charge in [0.1, 0.15) is 17.5 Å². The van der Waals surface area contributed by atoms with Crippen LogP contribution < -0.4 is 0 Å². The summed E-state index contributed by atoms with van der Waals surface area (Å²) in [5.41, 5.74) is 1.91. The van der Waals surface area contributed by atoms with Crippen LogP contribution in [0.3, 0.4) is 0 Å². The number of halogens is 3. The van der Waals surface area contributed by atoms with E-state index in [1.807, 2.05) is 28.8 Å². The van der Waals surface area contributed by atoms with Gasteiger partial charge >= 0.3 is 0 Å². The number of hydrogen-bond donors (Lipinski definition) is 0. The van der Waals surface area contributed by atoms with Crippen LogP contribution in [-0.2, 0) is 6.54 Å². The number of alkyl halides is 1. The molecular weight excluding hydrogens is 294 g/mol. The monoisotopic (exact) mass is 306 g/mol. The van der Waals surface area contributed by atoms with Crippen LogP contribution in [0, 0.1) is 11.6 Å². The van der Waals surface area contributed by atoms with Gasteiger partial charge in [-0.1, -0.05) is 12.1 Å². The molecule has 3 aromatic rings. The largest absolute Gasteiger partial charge is 0.322 e. The first-order valence-corrected chi connectivity index (χ1v) is 7.03. The number of hydrogen-bond acceptors (Lipinski definition) is 1. The highest BCUT2D eigenvalue weighted by atomic mass is 35.5. The van der Waals surface area contributed by atoms with Crippen molar-refractivity contribution in [3.05, 3.63) is 65.5 Å². The smallest absolute Gasteiger partial charge is 0.128 e. The Morgan fingerprint density at radius 3 is 2.71 bits per heavy atom. The van der Waals surface area contributed by atoms with Crippen LogP contribution in [0.2, 0.25) is 0 Å². The van der Waals surface area contributed by atoms with E-state index in [1.165, 1.54) is 6.07 Å². The lowest BCUT2D eigenvalue weighted by molar-refractivity contribution is 0.575. The van der Waals surface area contributed by atoms with E-state index >= 15 is 0 Å². The van der Waals surface area contributed by atoms with Gasteiger partial charge in [-0.25, -0.2) is 13.8 Å². The Balaban J connectivity index is 2.15. The van der Waals surface area contributed by atoms with Crippen molar-refractivity contribution in [3.63, 3.8) is 0 Å². The Kier molecular flexibility index (Phi) is 3.64. The first-order chi connectivity index (χ1) is 10.1. The van der Waals surface area contributed by atoms with E-state index < -0.39 is 11.6 Å². The molecule has 1 atom stereocenters. The van der Waals surface area contributed by atoms with Crippen molar-refractivity contribution in [1.82, 2.24) is 9.55 Å². The SMILES string of the molecule is CC(Cl)c1nc2ccccc2n1Cc1cc(F)ccc1F. The highest BCUT2D eigenvalue weighted by Gasteiger charge is 2.16. The summed E-state index contributed by atoms with van der Waals surface area (Å²) < 4.78 is 29.0. The third-order valence-electron chi connectivity index (χ3n) is 3.38. The predicted octanol–water partition coefficient (Wildman–Crippen LogP) is 4.66. The number of nitrogens with zero attached hydrogens (tertiary/aromatic N) is 2. The number of aromatic nitrogens is 2. The summed E-state index contributed by atoms with van der Waals surface area (Å²) in [6, 6.07) is 11.0. The van der Waals surface area contributed by atoms with Crippen LogP contribution in [0.5, 0.6) is 0 Å². The number of rotatable bonds is 3. The molecule has 0 saturated heterocycles. The number of para-hydroxylation sites is 2. The minimum atomic E-state index is -0.462. The second kappa shape index (κ2) is 5.45.